The Kier molecular flexibility index (Phi) is 6.81. The summed E-state index contributed by atoms with van der Waals surface area (Å²) in [6, 6.07) is 11.9. The van der Waals surface area contributed by atoms with Crippen molar-refractivity contribution in [2.75, 3.05) is 6.61 Å². The number of thiocarbonyl (C=S) groups is 1. The lowest BCUT2D eigenvalue weighted by Gasteiger charge is -2.11. The number of benzene rings is 2. The Labute approximate surface area is 155 Å². The van der Waals surface area contributed by atoms with Crippen molar-refractivity contribution < 1.29 is 18.7 Å². The maximum Gasteiger partial charge on any atom is 0.269 e. The fourth-order valence-corrected chi connectivity index (χ4v) is 2.03. The zero-order valence-corrected chi connectivity index (χ0v) is 14.4. The molecule has 2 amide bonds. The van der Waals surface area contributed by atoms with Crippen molar-refractivity contribution in [3.05, 3.63) is 78.1 Å². The first-order chi connectivity index (χ1) is 12.5. The van der Waals surface area contributed by atoms with Crippen LogP contribution in [0, 0.1) is 5.82 Å². The fraction of sp³-hybridized carbons (Fsp3) is 0.0556. The van der Waals surface area contributed by atoms with E-state index in [1.165, 1.54) is 18.2 Å². The molecule has 0 aliphatic carbocycles. The van der Waals surface area contributed by atoms with Crippen molar-refractivity contribution in [2.45, 2.75) is 0 Å². The molecule has 134 valence electrons. The van der Waals surface area contributed by atoms with Gasteiger partial charge in [0.05, 0.1) is 5.56 Å². The van der Waals surface area contributed by atoms with Crippen LogP contribution in [0.15, 0.2) is 61.2 Å². The molecule has 0 saturated heterocycles. The predicted octanol–water partition coefficient (Wildman–Crippen LogP) is 2.34. The van der Waals surface area contributed by atoms with E-state index in [0.29, 0.717) is 17.9 Å². The van der Waals surface area contributed by atoms with Crippen molar-refractivity contribution in [3.8, 4) is 5.75 Å². The second-order valence-corrected chi connectivity index (χ2v) is 5.37. The molecule has 3 N–H and O–H groups in total. The number of halogens is 1. The minimum atomic E-state index is -0.724. The van der Waals surface area contributed by atoms with Gasteiger partial charge in [-0.25, -0.2) is 4.39 Å². The molecule has 26 heavy (non-hydrogen) atoms. The third-order valence-corrected chi connectivity index (χ3v) is 3.32. The number of rotatable bonds is 5. The summed E-state index contributed by atoms with van der Waals surface area (Å²) in [5.74, 6) is -1.26. The lowest BCUT2D eigenvalue weighted by molar-refractivity contribution is 0.0933. The highest BCUT2D eigenvalue weighted by atomic mass is 32.1. The summed E-state index contributed by atoms with van der Waals surface area (Å²) in [6.07, 6.45) is 1.61. The van der Waals surface area contributed by atoms with E-state index >= 15 is 0 Å². The maximum atomic E-state index is 13.5. The summed E-state index contributed by atoms with van der Waals surface area (Å²) >= 11 is 4.90. The number of nitrogens with one attached hydrogen (secondary N) is 3. The van der Waals surface area contributed by atoms with E-state index in [-0.39, 0.29) is 10.7 Å². The van der Waals surface area contributed by atoms with Crippen LogP contribution in [0.3, 0.4) is 0 Å². The van der Waals surface area contributed by atoms with Gasteiger partial charge in [-0.15, -0.1) is 0 Å². The van der Waals surface area contributed by atoms with Crippen LogP contribution in [-0.4, -0.2) is 23.5 Å². The van der Waals surface area contributed by atoms with Gasteiger partial charge in [0.2, 0.25) is 0 Å². The maximum absolute atomic E-state index is 13.5. The van der Waals surface area contributed by atoms with Crippen molar-refractivity contribution in [1.82, 2.24) is 16.2 Å². The molecule has 0 saturated carbocycles. The molecule has 0 spiro atoms. The molecule has 0 unspecified atom stereocenters. The Morgan fingerprint density at radius 2 is 1.77 bits per heavy atom. The van der Waals surface area contributed by atoms with E-state index in [4.69, 9.17) is 17.0 Å². The predicted molar refractivity (Wildman–Crippen MR) is 99.2 cm³/mol. The van der Waals surface area contributed by atoms with E-state index in [0.717, 1.165) is 6.07 Å². The van der Waals surface area contributed by atoms with Crippen LogP contribution in [0.2, 0.25) is 0 Å². The van der Waals surface area contributed by atoms with Gasteiger partial charge in [0.15, 0.2) is 5.11 Å². The van der Waals surface area contributed by atoms with Gasteiger partial charge in [0.1, 0.15) is 18.2 Å². The minimum absolute atomic E-state index is 0.155. The first kappa shape index (κ1) is 19.1. The van der Waals surface area contributed by atoms with Gasteiger partial charge in [-0.3, -0.25) is 25.8 Å². The van der Waals surface area contributed by atoms with Crippen molar-refractivity contribution in [3.63, 3.8) is 0 Å². The summed E-state index contributed by atoms with van der Waals surface area (Å²) < 4.78 is 18.8. The molecule has 6 nitrogen and oxygen atoms in total. The number of hydrogen-bond donors (Lipinski definition) is 3. The Balaban J connectivity index is 1.84. The van der Waals surface area contributed by atoms with E-state index in [9.17, 15) is 14.0 Å². The van der Waals surface area contributed by atoms with Gasteiger partial charge < -0.3 is 4.74 Å². The Morgan fingerprint density at radius 1 is 1.08 bits per heavy atom. The Hall–Kier alpha value is -3.26. The van der Waals surface area contributed by atoms with Crippen LogP contribution in [0.1, 0.15) is 20.7 Å². The lowest BCUT2D eigenvalue weighted by Crippen LogP contribution is -2.48. The minimum Gasteiger partial charge on any atom is -0.490 e. The van der Waals surface area contributed by atoms with E-state index in [1.54, 1.807) is 30.3 Å². The molecule has 0 heterocycles. The van der Waals surface area contributed by atoms with E-state index < -0.39 is 17.6 Å². The third-order valence-electron chi connectivity index (χ3n) is 3.12. The summed E-state index contributed by atoms with van der Waals surface area (Å²) in [5, 5.41) is 2.10. The molecule has 0 radical (unpaired) electrons. The van der Waals surface area contributed by atoms with Crippen LogP contribution >= 0.6 is 12.2 Å². The molecule has 8 heteroatoms. The number of carbonyl (C=O) groups is 2. The first-order valence-electron chi connectivity index (χ1n) is 7.51. The molecule has 0 aromatic heterocycles. The molecule has 0 aliphatic heterocycles. The highest BCUT2D eigenvalue weighted by Gasteiger charge is 2.13. The standard InChI is InChI=1S/C18H16FN3O3S/c1-2-11-25-13-9-7-12(8-10-13)16(23)21-22-18(26)20-17(24)14-5-3-4-6-15(14)19/h2-10H,1,11H2,(H,21,23)(H2,20,22,24,26). The summed E-state index contributed by atoms with van der Waals surface area (Å²) in [5.41, 5.74) is 4.92. The second kappa shape index (κ2) is 9.28. The highest BCUT2D eigenvalue weighted by molar-refractivity contribution is 7.80. The summed E-state index contributed by atoms with van der Waals surface area (Å²) in [4.78, 5) is 23.9. The molecular weight excluding hydrogens is 357 g/mol. The normalized spacial score (nSPS) is 9.73. The van der Waals surface area contributed by atoms with Crippen LogP contribution in [0.5, 0.6) is 5.75 Å². The number of amides is 2. The van der Waals surface area contributed by atoms with Crippen LogP contribution < -0.4 is 20.9 Å². The third kappa shape index (κ3) is 5.38. The Bertz CT molecular complexity index is 825. The summed E-state index contributed by atoms with van der Waals surface area (Å²) in [7, 11) is 0. The van der Waals surface area contributed by atoms with Gasteiger partial charge in [0, 0.05) is 5.56 Å². The molecular formula is C18H16FN3O3S. The molecule has 0 aliphatic rings. The molecule has 2 rings (SSSR count). The van der Waals surface area contributed by atoms with Crippen LogP contribution in [0.25, 0.3) is 0 Å². The number of hydrazine groups is 1. The van der Waals surface area contributed by atoms with Crippen LogP contribution in [-0.2, 0) is 0 Å². The molecule has 0 bridgehead atoms. The fourth-order valence-electron chi connectivity index (χ4n) is 1.89. The van der Waals surface area contributed by atoms with Gasteiger partial charge in [0.25, 0.3) is 11.8 Å². The second-order valence-electron chi connectivity index (χ2n) is 4.97. The quantitative estimate of drug-likeness (QED) is 0.426. The number of carbonyl (C=O) groups excluding carboxylic acids is 2. The molecule has 2 aromatic rings. The molecule has 0 atom stereocenters. The molecule has 0 fully saturated rings. The highest BCUT2D eigenvalue weighted by Crippen LogP contribution is 2.12. The number of hydrogen-bond acceptors (Lipinski definition) is 4. The van der Waals surface area contributed by atoms with Crippen molar-refractivity contribution in [1.29, 1.82) is 0 Å². The van der Waals surface area contributed by atoms with E-state index in [1.807, 2.05) is 0 Å². The first-order valence-corrected chi connectivity index (χ1v) is 7.92. The van der Waals surface area contributed by atoms with Crippen LogP contribution in [0.4, 0.5) is 4.39 Å². The largest absolute Gasteiger partial charge is 0.490 e. The molecule has 2 aromatic carbocycles. The monoisotopic (exact) mass is 373 g/mol. The number of ether oxygens (including phenoxy) is 1. The Morgan fingerprint density at radius 3 is 2.42 bits per heavy atom. The summed E-state index contributed by atoms with van der Waals surface area (Å²) in [6.45, 7) is 3.91. The van der Waals surface area contributed by atoms with Gasteiger partial charge >= 0.3 is 0 Å². The van der Waals surface area contributed by atoms with Gasteiger partial charge in [-0.05, 0) is 48.6 Å². The van der Waals surface area contributed by atoms with Crippen molar-refractivity contribution in [2.24, 2.45) is 0 Å². The van der Waals surface area contributed by atoms with Gasteiger partial charge in [-0.2, -0.15) is 0 Å². The lowest BCUT2D eigenvalue weighted by atomic mass is 10.2. The smallest absolute Gasteiger partial charge is 0.269 e. The van der Waals surface area contributed by atoms with E-state index in [2.05, 4.69) is 22.7 Å². The average molecular weight is 373 g/mol. The van der Waals surface area contributed by atoms with Crippen molar-refractivity contribution >= 4 is 29.1 Å². The zero-order chi connectivity index (χ0) is 18.9. The zero-order valence-electron chi connectivity index (χ0n) is 13.6. The average Bonchev–Trinajstić information content (AvgIpc) is 2.65. The topological polar surface area (TPSA) is 79.5 Å². The van der Waals surface area contributed by atoms with Gasteiger partial charge in [-0.1, -0.05) is 24.8 Å². The SMILES string of the molecule is C=CCOc1ccc(C(=O)NNC(=S)NC(=O)c2ccccc2F)cc1.